The van der Waals surface area contributed by atoms with Crippen LogP contribution in [0.4, 0.5) is 0 Å². The number of allylic oxidation sites excluding steroid dienone is 10. The summed E-state index contributed by atoms with van der Waals surface area (Å²) in [5.41, 5.74) is 0. The van der Waals surface area contributed by atoms with Crippen molar-refractivity contribution in [1.29, 1.82) is 0 Å². The second-order valence-corrected chi connectivity index (χ2v) is 14.6. The maximum atomic E-state index is 12.5. The molecule has 0 spiro atoms. The molecule has 0 aliphatic carbocycles. The van der Waals surface area contributed by atoms with E-state index in [1.54, 1.807) is 0 Å². The molecule has 0 heterocycles. The van der Waals surface area contributed by atoms with Gasteiger partial charge < -0.3 is 27.9 Å². The van der Waals surface area contributed by atoms with E-state index in [0.29, 0.717) is 24.1 Å². The molecular formula is C39H70NO7P. The van der Waals surface area contributed by atoms with Gasteiger partial charge in [-0.1, -0.05) is 120 Å². The predicted molar refractivity (Wildman–Crippen MR) is 199 cm³/mol. The zero-order valence-electron chi connectivity index (χ0n) is 31.2. The van der Waals surface area contributed by atoms with Crippen LogP contribution in [0, 0.1) is 0 Å². The second-order valence-electron chi connectivity index (χ2n) is 13.2. The van der Waals surface area contributed by atoms with E-state index >= 15 is 0 Å². The van der Waals surface area contributed by atoms with E-state index in [9.17, 15) is 14.3 Å². The zero-order valence-corrected chi connectivity index (χ0v) is 32.1. The van der Waals surface area contributed by atoms with Crippen LogP contribution in [-0.2, 0) is 27.9 Å². The number of ether oxygens (including phenoxy) is 2. The summed E-state index contributed by atoms with van der Waals surface area (Å²) in [6.07, 6.45) is 38.2. The molecule has 0 aromatic carbocycles. The predicted octanol–water partition coefficient (Wildman–Crippen LogP) is 9.58. The Balaban J connectivity index is 4.36. The van der Waals surface area contributed by atoms with Crippen LogP contribution in [0.2, 0.25) is 0 Å². The van der Waals surface area contributed by atoms with Crippen molar-refractivity contribution >= 4 is 13.8 Å². The van der Waals surface area contributed by atoms with Crippen LogP contribution in [0.3, 0.4) is 0 Å². The Morgan fingerprint density at radius 3 is 1.77 bits per heavy atom. The van der Waals surface area contributed by atoms with Gasteiger partial charge in [0.25, 0.3) is 7.82 Å². The molecule has 278 valence electrons. The maximum absolute atomic E-state index is 12.5. The number of rotatable bonds is 33. The number of phosphoric ester groups is 1. The minimum atomic E-state index is -4.53. The third-order valence-corrected chi connectivity index (χ3v) is 8.30. The normalized spacial score (nSPS) is 14.7. The first-order valence-electron chi connectivity index (χ1n) is 18.5. The number of unbranched alkanes of at least 4 members (excludes halogenated alkanes) is 9. The van der Waals surface area contributed by atoms with Gasteiger partial charge in [-0.3, -0.25) is 9.36 Å². The van der Waals surface area contributed by atoms with Crippen LogP contribution in [0.1, 0.15) is 123 Å². The third-order valence-electron chi connectivity index (χ3n) is 7.33. The summed E-state index contributed by atoms with van der Waals surface area (Å²) in [5.74, 6) is -0.358. The van der Waals surface area contributed by atoms with Crippen LogP contribution >= 0.6 is 7.82 Å². The molecule has 0 saturated heterocycles. The summed E-state index contributed by atoms with van der Waals surface area (Å²) in [7, 11) is 1.32. The highest BCUT2D eigenvalue weighted by Gasteiger charge is 2.20. The summed E-state index contributed by atoms with van der Waals surface area (Å²) < 4.78 is 34.3. The Morgan fingerprint density at radius 2 is 1.21 bits per heavy atom. The number of carbonyl (C=O) groups excluding carboxylic acids is 1. The summed E-state index contributed by atoms with van der Waals surface area (Å²) in [5, 5.41) is 0. The van der Waals surface area contributed by atoms with Crippen LogP contribution in [0.25, 0.3) is 0 Å². The molecule has 0 radical (unpaired) electrons. The molecule has 0 saturated carbocycles. The van der Waals surface area contributed by atoms with Crippen LogP contribution < -0.4 is 4.89 Å². The smallest absolute Gasteiger partial charge is 0.306 e. The molecule has 0 fully saturated rings. The number of quaternary nitrogens is 1. The van der Waals surface area contributed by atoms with E-state index in [0.717, 1.165) is 70.6 Å². The first kappa shape index (κ1) is 46.2. The van der Waals surface area contributed by atoms with E-state index in [-0.39, 0.29) is 25.8 Å². The Labute approximate surface area is 294 Å². The van der Waals surface area contributed by atoms with Crippen molar-refractivity contribution in [2.24, 2.45) is 0 Å². The van der Waals surface area contributed by atoms with Gasteiger partial charge in [-0.25, -0.2) is 0 Å². The standard InChI is InChI=1S/C39H70NO7P/c1-6-8-10-12-14-16-17-18-19-20-21-22-23-24-25-27-29-31-34-44-36-38(37-46-48(42,43)45-35-33-40(3,4)5)47-39(41)32-30-28-26-15-13-11-9-7-2/h8,10,14,16,18-19,21-22,24-25,38H,6-7,9,11-13,15,17,20,23,26-37H2,1-5H3/b10-8-,16-14-,19-18-,22-21-,25-24-. The highest BCUT2D eigenvalue weighted by molar-refractivity contribution is 7.45. The zero-order chi connectivity index (χ0) is 35.6. The molecule has 48 heavy (non-hydrogen) atoms. The molecule has 8 nitrogen and oxygen atoms in total. The number of esters is 1. The third kappa shape index (κ3) is 35.5. The van der Waals surface area contributed by atoms with Crippen molar-refractivity contribution in [3.8, 4) is 0 Å². The second kappa shape index (κ2) is 32.4. The fraction of sp³-hybridized carbons (Fsp3) is 0.718. The van der Waals surface area contributed by atoms with E-state index in [2.05, 4.69) is 74.6 Å². The lowest BCUT2D eigenvalue weighted by Crippen LogP contribution is -2.37. The highest BCUT2D eigenvalue weighted by atomic mass is 31.2. The lowest BCUT2D eigenvalue weighted by Gasteiger charge is -2.28. The van der Waals surface area contributed by atoms with Crippen LogP contribution in [0.15, 0.2) is 60.8 Å². The molecule has 0 N–H and O–H groups in total. The molecule has 0 aromatic rings. The topological polar surface area (TPSA) is 94.1 Å². The van der Waals surface area contributed by atoms with Gasteiger partial charge in [-0.15, -0.1) is 0 Å². The Hall–Kier alpha value is -1.80. The number of carbonyl (C=O) groups is 1. The first-order valence-corrected chi connectivity index (χ1v) is 20.0. The molecule has 0 bridgehead atoms. The van der Waals surface area contributed by atoms with Crippen molar-refractivity contribution in [2.45, 2.75) is 129 Å². The van der Waals surface area contributed by atoms with Crippen molar-refractivity contribution in [1.82, 2.24) is 0 Å². The first-order chi connectivity index (χ1) is 23.1. The van der Waals surface area contributed by atoms with Gasteiger partial charge in [-0.05, 0) is 57.8 Å². The van der Waals surface area contributed by atoms with Gasteiger partial charge >= 0.3 is 5.97 Å². The Bertz CT molecular complexity index is 952. The summed E-state index contributed by atoms with van der Waals surface area (Å²) >= 11 is 0. The van der Waals surface area contributed by atoms with Gasteiger partial charge in [0, 0.05) is 13.0 Å². The molecule has 9 heteroatoms. The van der Waals surface area contributed by atoms with Crippen molar-refractivity contribution in [3.63, 3.8) is 0 Å². The maximum Gasteiger partial charge on any atom is 0.306 e. The minimum absolute atomic E-state index is 0.0154. The van der Waals surface area contributed by atoms with E-state index in [4.69, 9.17) is 18.5 Å². The largest absolute Gasteiger partial charge is 0.756 e. The summed E-state index contributed by atoms with van der Waals surface area (Å²) in [4.78, 5) is 24.8. The number of nitrogens with zero attached hydrogens (tertiary/aromatic N) is 1. The van der Waals surface area contributed by atoms with Crippen molar-refractivity contribution in [2.75, 3.05) is 54.1 Å². The van der Waals surface area contributed by atoms with Gasteiger partial charge in [0.2, 0.25) is 0 Å². The molecule has 0 aromatic heterocycles. The van der Waals surface area contributed by atoms with Crippen molar-refractivity contribution in [3.05, 3.63) is 60.8 Å². The fourth-order valence-corrected chi connectivity index (χ4v) is 5.18. The average Bonchev–Trinajstić information content (AvgIpc) is 3.03. The SMILES string of the molecule is CC/C=C\C/C=C\C/C=C\C/C=C\C/C=C\CCCCOCC(COP(=O)([O-])OCC[N+](C)(C)C)OC(=O)CCCCCCCCCC. The van der Waals surface area contributed by atoms with Crippen molar-refractivity contribution < 1.29 is 37.3 Å². The molecule has 0 aliphatic heterocycles. The highest BCUT2D eigenvalue weighted by Crippen LogP contribution is 2.38. The van der Waals surface area contributed by atoms with Crippen LogP contribution in [-0.4, -0.2) is 70.7 Å². The number of hydrogen-bond donors (Lipinski definition) is 0. The van der Waals surface area contributed by atoms with Gasteiger partial charge in [-0.2, -0.15) is 0 Å². The molecule has 2 atom stereocenters. The average molecular weight is 696 g/mol. The molecular weight excluding hydrogens is 625 g/mol. The molecule has 0 aliphatic rings. The summed E-state index contributed by atoms with van der Waals surface area (Å²) in [6.45, 7) is 5.12. The number of hydrogen-bond acceptors (Lipinski definition) is 7. The fourth-order valence-electron chi connectivity index (χ4n) is 4.45. The monoisotopic (exact) mass is 695 g/mol. The number of phosphoric acid groups is 1. The van der Waals surface area contributed by atoms with E-state index in [1.807, 2.05) is 21.1 Å². The number of likely N-dealkylation sites (N-methyl/N-ethyl adjacent to an activating group) is 1. The molecule has 0 amide bonds. The lowest BCUT2D eigenvalue weighted by molar-refractivity contribution is -0.870. The quantitative estimate of drug-likeness (QED) is 0.0222. The molecule has 0 rings (SSSR count). The van der Waals surface area contributed by atoms with Gasteiger partial charge in [0.1, 0.15) is 19.3 Å². The van der Waals surface area contributed by atoms with E-state index in [1.165, 1.54) is 32.1 Å². The van der Waals surface area contributed by atoms with E-state index < -0.39 is 13.9 Å². The van der Waals surface area contributed by atoms with Gasteiger partial charge in [0.05, 0.1) is 34.4 Å². The van der Waals surface area contributed by atoms with Crippen LogP contribution in [0.5, 0.6) is 0 Å². The Kier molecular flexibility index (Phi) is 31.2. The minimum Gasteiger partial charge on any atom is -0.756 e. The summed E-state index contributed by atoms with van der Waals surface area (Å²) in [6, 6.07) is 0. The van der Waals surface area contributed by atoms with Gasteiger partial charge in [0.15, 0.2) is 0 Å². The Morgan fingerprint density at radius 1 is 0.667 bits per heavy atom. The lowest BCUT2D eigenvalue weighted by atomic mass is 10.1. The molecule has 2 unspecified atom stereocenters.